The maximum Gasteiger partial charge on any atom is 0.332 e. The molecule has 2 aromatic heterocycles. The fraction of sp³-hybridized carbons (Fsp3) is 0.364. The van der Waals surface area contributed by atoms with E-state index in [9.17, 15) is 14.4 Å². The zero-order valence-corrected chi connectivity index (χ0v) is 17.3. The molecule has 1 N–H and O–H groups in total. The molecule has 0 aliphatic rings. The van der Waals surface area contributed by atoms with Gasteiger partial charge in [-0.3, -0.25) is 18.7 Å². The van der Waals surface area contributed by atoms with Crippen LogP contribution >= 0.6 is 0 Å². The first-order chi connectivity index (χ1) is 13.8. The van der Waals surface area contributed by atoms with Crippen molar-refractivity contribution in [2.24, 2.45) is 14.1 Å². The first-order valence-corrected chi connectivity index (χ1v) is 9.67. The van der Waals surface area contributed by atoms with E-state index in [2.05, 4.69) is 10.3 Å². The molecular weight excluding hydrogens is 368 g/mol. The van der Waals surface area contributed by atoms with Crippen LogP contribution in [0.1, 0.15) is 28.8 Å². The van der Waals surface area contributed by atoms with Crippen LogP contribution in [0.25, 0.3) is 11.0 Å². The molecule has 1 aromatic carbocycles. The summed E-state index contributed by atoms with van der Waals surface area (Å²) in [7, 11) is 3.07. The first kappa shape index (κ1) is 20.5. The first-order valence-electron chi connectivity index (χ1n) is 9.67. The number of aryl methyl sites for hydroxylation is 3. The van der Waals surface area contributed by atoms with E-state index in [1.54, 1.807) is 7.05 Å². The van der Waals surface area contributed by atoms with E-state index in [1.807, 2.05) is 44.2 Å². The maximum atomic E-state index is 12.6. The van der Waals surface area contributed by atoms with Crippen LogP contribution in [-0.4, -0.2) is 26.6 Å². The van der Waals surface area contributed by atoms with Gasteiger partial charge in [0.1, 0.15) is 5.65 Å². The molecule has 152 valence electrons. The minimum Gasteiger partial charge on any atom is -0.356 e. The highest BCUT2D eigenvalue weighted by Gasteiger charge is 2.17. The van der Waals surface area contributed by atoms with E-state index in [0.717, 1.165) is 27.8 Å². The number of benzene rings is 1. The Labute approximate surface area is 169 Å². The zero-order chi connectivity index (χ0) is 21.1. The van der Waals surface area contributed by atoms with E-state index in [0.29, 0.717) is 30.4 Å². The van der Waals surface area contributed by atoms with E-state index in [-0.39, 0.29) is 11.5 Å². The average Bonchev–Trinajstić information content (AvgIpc) is 2.71. The summed E-state index contributed by atoms with van der Waals surface area (Å²) in [5.74, 6) is -0.0341. The van der Waals surface area contributed by atoms with Crippen LogP contribution in [0.4, 0.5) is 0 Å². The molecule has 0 aliphatic carbocycles. The number of nitrogens with zero attached hydrogens (tertiary/aromatic N) is 3. The van der Waals surface area contributed by atoms with E-state index in [1.165, 1.54) is 17.2 Å². The highest BCUT2D eigenvalue weighted by Crippen LogP contribution is 2.20. The third-order valence-electron chi connectivity index (χ3n) is 5.35. The van der Waals surface area contributed by atoms with Crippen molar-refractivity contribution in [3.05, 3.63) is 73.6 Å². The lowest BCUT2D eigenvalue weighted by Gasteiger charge is -2.14. The van der Waals surface area contributed by atoms with Crippen molar-refractivity contribution in [1.82, 2.24) is 19.4 Å². The van der Waals surface area contributed by atoms with Gasteiger partial charge >= 0.3 is 5.69 Å². The largest absolute Gasteiger partial charge is 0.356 e. The second kappa shape index (κ2) is 8.43. The molecular formula is C22H26N4O3. The van der Waals surface area contributed by atoms with Gasteiger partial charge in [0.2, 0.25) is 5.91 Å². The van der Waals surface area contributed by atoms with Crippen molar-refractivity contribution in [3.63, 3.8) is 0 Å². The molecule has 7 heteroatoms. The van der Waals surface area contributed by atoms with E-state index < -0.39 is 5.69 Å². The van der Waals surface area contributed by atoms with Crippen molar-refractivity contribution in [3.8, 4) is 0 Å². The Balaban J connectivity index is 1.76. The average molecular weight is 394 g/mol. The highest BCUT2D eigenvalue weighted by atomic mass is 16.2. The number of amides is 1. The lowest BCUT2D eigenvalue weighted by atomic mass is 10.00. The van der Waals surface area contributed by atoms with Crippen molar-refractivity contribution >= 4 is 16.9 Å². The van der Waals surface area contributed by atoms with Gasteiger partial charge in [-0.15, -0.1) is 0 Å². The number of carbonyl (C=O) groups excluding carboxylic acids is 1. The Hall–Kier alpha value is -3.22. The number of fused-ring (bicyclic) bond motifs is 1. The van der Waals surface area contributed by atoms with Crippen molar-refractivity contribution < 1.29 is 4.79 Å². The highest BCUT2D eigenvalue weighted by molar-refractivity contribution is 5.80. The van der Waals surface area contributed by atoms with Crippen LogP contribution in [0.2, 0.25) is 0 Å². The summed E-state index contributed by atoms with van der Waals surface area (Å²) < 4.78 is 2.48. The standard InChI is InChI=1S/C22H26N4O3/c1-14-17(10-11-18(27)23-13-12-16-8-6-5-7-9-16)15(2)24-20-19(14)21(28)26(4)22(29)25(20)3/h5-9H,10-13H2,1-4H3,(H,23,27). The Bertz CT molecular complexity index is 1180. The molecule has 0 saturated heterocycles. The van der Waals surface area contributed by atoms with Gasteiger partial charge in [-0.25, -0.2) is 9.78 Å². The van der Waals surface area contributed by atoms with Crippen LogP contribution in [0.3, 0.4) is 0 Å². The van der Waals surface area contributed by atoms with Gasteiger partial charge in [0.25, 0.3) is 5.56 Å². The van der Waals surface area contributed by atoms with Crippen molar-refractivity contribution in [1.29, 1.82) is 0 Å². The van der Waals surface area contributed by atoms with Crippen molar-refractivity contribution in [2.45, 2.75) is 33.1 Å². The molecule has 3 aromatic rings. The van der Waals surface area contributed by atoms with Gasteiger partial charge in [0.05, 0.1) is 5.39 Å². The summed E-state index contributed by atoms with van der Waals surface area (Å²) in [6, 6.07) is 10.0. The number of rotatable bonds is 6. The molecule has 0 unspecified atom stereocenters. The van der Waals surface area contributed by atoms with Gasteiger partial charge in [-0.2, -0.15) is 0 Å². The monoisotopic (exact) mass is 394 g/mol. The predicted molar refractivity (Wildman–Crippen MR) is 113 cm³/mol. The second-order valence-electron chi connectivity index (χ2n) is 7.29. The summed E-state index contributed by atoms with van der Waals surface area (Å²) in [6.07, 6.45) is 1.59. The topological polar surface area (TPSA) is 86.0 Å². The van der Waals surface area contributed by atoms with Crippen LogP contribution < -0.4 is 16.6 Å². The fourth-order valence-electron chi connectivity index (χ4n) is 3.63. The normalized spacial score (nSPS) is 11.0. The molecule has 3 rings (SSSR count). The van der Waals surface area contributed by atoms with E-state index in [4.69, 9.17) is 0 Å². The molecule has 2 heterocycles. The zero-order valence-electron chi connectivity index (χ0n) is 17.3. The summed E-state index contributed by atoms with van der Waals surface area (Å²) in [5.41, 5.74) is 3.19. The molecule has 1 amide bonds. The second-order valence-corrected chi connectivity index (χ2v) is 7.29. The third kappa shape index (κ3) is 4.13. The van der Waals surface area contributed by atoms with Gasteiger partial charge < -0.3 is 5.32 Å². The number of carbonyl (C=O) groups is 1. The summed E-state index contributed by atoms with van der Waals surface area (Å²) in [4.78, 5) is 41.6. The van der Waals surface area contributed by atoms with Crippen LogP contribution in [0, 0.1) is 13.8 Å². The number of hydrogen-bond donors (Lipinski definition) is 1. The quantitative estimate of drug-likeness (QED) is 0.687. The molecule has 0 fully saturated rings. The van der Waals surface area contributed by atoms with Gasteiger partial charge in [0.15, 0.2) is 0 Å². The van der Waals surface area contributed by atoms with Crippen LogP contribution in [0.5, 0.6) is 0 Å². The molecule has 29 heavy (non-hydrogen) atoms. The van der Waals surface area contributed by atoms with Gasteiger partial charge in [-0.1, -0.05) is 30.3 Å². The Morgan fingerprint density at radius 2 is 1.72 bits per heavy atom. The molecule has 0 atom stereocenters. The van der Waals surface area contributed by atoms with E-state index >= 15 is 0 Å². The molecule has 7 nitrogen and oxygen atoms in total. The Kier molecular flexibility index (Phi) is 5.96. The summed E-state index contributed by atoms with van der Waals surface area (Å²) >= 11 is 0. The Morgan fingerprint density at radius 1 is 1.03 bits per heavy atom. The smallest absolute Gasteiger partial charge is 0.332 e. The molecule has 0 saturated carbocycles. The Morgan fingerprint density at radius 3 is 2.41 bits per heavy atom. The molecule has 0 spiro atoms. The lowest BCUT2D eigenvalue weighted by Crippen LogP contribution is -2.38. The number of pyridine rings is 1. The number of hydrogen-bond acceptors (Lipinski definition) is 4. The van der Waals surface area contributed by atoms with Crippen molar-refractivity contribution in [2.75, 3.05) is 6.54 Å². The third-order valence-corrected chi connectivity index (χ3v) is 5.35. The van der Waals surface area contributed by atoms with Gasteiger partial charge in [-0.05, 0) is 43.4 Å². The van der Waals surface area contributed by atoms with Gasteiger partial charge in [0, 0.05) is 32.8 Å². The SMILES string of the molecule is Cc1nc2c(c(C)c1CCC(=O)NCCc1ccccc1)c(=O)n(C)c(=O)n2C. The summed E-state index contributed by atoms with van der Waals surface area (Å²) in [5, 5.41) is 3.37. The number of aromatic nitrogens is 3. The van der Waals surface area contributed by atoms with Crippen LogP contribution in [-0.2, 0) is 31.7 Å². The fourth-order valence-corrected chi connectivity index (χ4v) is 3.63. The predicted octanol–water partition coefficient (Wildman–Crippen LogP) is 1.54. The maximum absolute atomic E-state index is 12.6. The molecule has 0 radical (unpaired) electrons. The summed E-state index contributed by atoms with van der Waals surface area (Å²) in [6.45, 7) is 4.28. The minimum atomic E-state index is -0.403. The lowest BCUT2D eigenvalue weighted by molar-refractivity contribution is -0.121. The minimum absolute atomic E-state index is 0.0341. The number of nitrogens with one attached hydrogen (secondary N) is 1. The molecule has 0 bridgehead atoms. The van der Waals surface area contributed by atoms with Crippen LogP contribution in [0.15, 0.2) is 39.9 Å². The molecule has 0 aliphatic heterocycles.